The number of benzene rings is 1. The van der Waals surface area contributed by atoms with Gasteiger partial charge in [-0.3, -0.25) is 5.10 Å². The van der Waals surface area contributed by atoms with Crippen molar-refractivity contribution in [1.29, 1.82) is 0 Å². The number of hydrogen-bond donors (Lipinski definition) is 1. The summed E-state index contributed by atoms with van der Waals surface area (Å²) < 4.78 is 22.4. The second-order valence-electron chi connectivity index (χ2n) is 5.31. The fraction of sp³-hybridized carbons (Fsp3) is 0.176. The van der Waals surface area contributed by atoms with E-state index in [1.165, 1.54) is 0 Å². The van der Waals surface area contributed by atoms with Crippen molar-refractivity contribution in [2.45, 2.75) is 6.61 Å². The second kappa shape index (κ2) is 6.64. The zero-order valence-corrected chi connectivity index (χ0v) is 14.5. The Bertz CT molecular complexity index is 904. The molecule has 0 fully saturated rings. The van der Waals surface area contributed by atoms with E-state index in [2.05, 4.69) is 26.1 Å². The van der Waals surface area contributed by atoms with Gasteiger partial charge in [-0.05, 0) is 24.3 Å². The average Bonchev–Trinajstić information content (AvgIpc) is 3.30. The number of H-pyrrole nitrogens is 1. The van der Waals surface area contributed by atoms with Crippen LogP contribution < -0.4 is 9.47 Å². The van der Waals surface area contributed by atoms with E-state index in [9.17, 15) is 4.79 Å². The minimum atomic E-state index is -0.507. The molecule has 3 aromatic rings. The van der Waals surface area contributed by atoms with Crippen LogP contribution in [0.5, 0.6) is 11.5 Å². The third-order valence-electron chi connectivity index (χ3n) is 3.64. The van der Waals surface area contributed by atoms with Gasteiger partial charge in [0.2, 0.25) is 0 Å². The Kier molecular flexibility index (Phi) is 4.19. The van der Waals surface area contributed by atoms with Gasteiger partial charge in [-0.15, -0.1) is 0 Å². The number of furan rings is 1. The number of esters is 1. The molecule has 0 amide bonds. The molecule has 0 aliphatic carbocycles. The molecule has 0 spiro atoms. The molecule has 0 unspecified atom stereocenters. The lowest BCUT2D eigenvalue weighted by molar-refractivity contribution is 0.0464. The van der Waals surface area contributed by atoms with E-state index in [0.717, 1.165) is 10.0 Å². The first kappa shape index (κ1) is 15.8. The number of aromatic nitrogens is 2. The van der Waals surface area contributed by atoms with E-state index >= 15 is 0 Å². The van der Waals surface area contributed by atoms with E-state index in [0.29, 0.717) is 36.2 Å². The number of aromatic amines is 1. The summed E-state index contributed by atoms with van der Waals surface area (Å²) in [4.78, 5) is 12.2. The third-order valence-corrected chi connectivity index (χ3v) is 4.38. The summed E-state index contributed by atoms with van der Waals surface area (Å²) in [5, 5.41) is 6.70. The van der Waals surface area contributed by atoms with Crippen molar-refractivity contribution in [2.24, 2.45) is 0 Å². The van der Waals surface area contributed by atoms with Crippen LogP contribution in [0.3, 0.4) is 0 Å². The van der Waals surface area contributed by atoms with Crippen LogP contribution >= 0.6 is 15.9 Å². The Hall–Kier alpha value is -2.74. The van der Waals surface area contributed by atoms with Gasteiger partial charge >= 0.3 is 5.97 Å². The molecule has 2 aromatic heterocycles. The maximum Gasteiger partial charge on any atom is 0.356 e. The van der Waals surface area contributed by atoms with Crippen molar-refractivity contribution in [3.8, 4) is 23.0 Å². The van der Waals surface area contributed by atoms with Gasteiger partial charge in [-0.2, -0.15) is 5.10 Å². The summed E-state index contributed by atoms with van der Waals surface area (Å²) in [6, 6.07) is 8.70. The topological polar surface area (TPSA) is 86.6 Å². The zero-order chi connectivity index (χ0) is 17.2. The maximum absolute atomic E-state index is 12.2. The van der Waals surface area contributed by atoms with Crippen LogP contribution in [0, 0.1) is 0 Å². The van der Waals surface area contributed by atoms with E-state index in [1.807, 2.05) is 6.07 Å². The molecule has 0 radical (unpaired) electrons. The van der Waals surface area contributed by atoms with Gasteiger partial charge in [0.05, 0.1) is 6.26 Å². The van der Waals surface area contributed by atoms with Gasteiger partial charge in [0.15, 0.2) is 17.3 Å². The Labute approximate surface area is 151 Å². The van der Waals surface area contributed by atoms with Crippen molar-refractivity contribution in [2.75, 3.05) is 13.2 Å². The SMILES string of the molecule is O=C(OCc1cc2c(cc1Br)OCCO2)c1cc(-c2ccco2)n[nH]1. The second-order valence-corrected chi connectivity index (χ2v) is 6.16. The van der Waals surface area contributed by atoms with Crippen molar-refractivity contribution < 1.29 is 23.4 Å². The van der Waals surface area contributed by atoms with Crippen LogP contribution in [0.25, 0.3) is 11.5 Å². The lowest BCUT2D eigenvalue weighted by Crippen LogP contribution is -2.15. The average molecular weight is 405 g/mol. The van der Waals surface area contributed by atoms with Crippen LogP contribution in [0.15, 0.2) is 45.5 Å². The molecule has 1 aliphatic rings. The summed E-state index contributed by atoms with van der Waals surface area (Å²) in [5.74, 6) is 1.38. The molecular weight excluding hydrogens is 392 g/mol. The quantitative estimate of drug-likeness (QED) is 0.668. The van der Waals surface area contributed by atoms with Gasteiger partial charge < -0.3 is 18.6 Å². The number of nitrogens with one attached hydrogen (secondary N) is 1. The molecule has 7 nitrogen and oxygen atoms in total. The molecule has 0 saturated carbocycles. The van der Waals surface area contributed by atoms with Gasteiger partial charge in [0.25, 0.3) is 0 Å². The highest BCUT2D eigenvalue weighted by Gasteiger charge is 2.17. The molecule has 128 valence electrons. The summed E-state index contributed by atoms with van der Waals surface area (Å²) in [5.41, 5.74) is 1.57. The number of ether oxygens (including phenoxy) is 3. The molecule has 8 heteroatoms. The number of nitrogens with zero attached hydrogens (tertiary/aromatic N) is 1. The summed E-state index contributed by atoms with van der Waals surface area (Å²) >= 11 is 3.45. The van der Waals surface area contributed by atoms with E-state index in [4.69, 9.17) is 18.6 Å². The first-order valence-corrected chi connectivity index (χ1v) is 8.34. The highest BCUT2D eigenvalue weighted by atomic mass is 79.9. The van der Waals surface area contributed by atoms with Crippen LogP contribution in [-0.2, 0) is 11.3 Å². The van der Waals surface area contributed by atoms with Gasteiger partial charge in [0, 0.05) is 16.1 Å². The molecule has 0 saturated heterocycles. The van der Waals surface area contributed by atoms with E-state index in [1.54, 1.807) is 30.5 Å². The Balaban J connectivity index is 1.45. The van der Waals surface area contributed by atoms with Gasteiger partial charge in [-0.1, -0.05) is 15.9 Å². The first-order valence-electron chi connectivity index (χ1n) is 7.55. The van der Waals surface area contributed by atoms with Crippen LogP contribution in [0.4, 0.5) is 0 Å². The largest absolute Gasteiger partial charge is 0.486 e. The third kappa shape index (κ3) is 3.25. The zero-order valence-electron chi connectivity index (χ0n) is 13.0. The van der Waals surface area contributed by atoms with Crippen LogP contribution in [-0.4, -0.2) is 29.4 Å². The maximum atomic E-state index is 12.2. The van der Waals surface area contributed by atoms with Crippen molar-refractivity contribution in [3.63, 3.8) is 0 Å². The van der Waals surface area contributed by atoms with Crippen LogP contribution in [0.2, 0.25) is 0 Å². The standard InChI is InChI=1S/C17H13BrN2O5/c18-11-7-16-15(23-4-5-24-16)6-10(11)9-25-17(21)13-8-12(19-20-13)14-2-1-3-22-14/h1-3,6-8H,4-5,9H2,(H,19,20). The number of hydrogen-bond acceptors (Lipinski definition) is 6. The molecule has 3 heterocycles. The van der Waals surface area contributed by atoms with Gasteiger partial charge in [0.1, 0.15) is 31.2 Å². The molecule has 25 heavy (non-hydrogen) atoms. The fourth-order valence-electron chi connectivity index (χ4n) is 2.41. The highest BCUT2D eigenvalue weighted by Crippen LogP contribution is 2.35. The molecule has 0 bridgehead atoms. The van der Waals surface area contributed by atoms with E-state index in [-0.39, 0.29) is 12.3 Å². The summed E-state index contributed by atoms with van der Waals surface area (Å²) in [7, 11) is 0. The highest BCUT2D eigenvalue weighted by molar-refractivity contribution is 9.10. The number of carbonyl (C=O) groups excluding carboxylic acids is 1. The normalized spacial score (nSPS) is 12.8. The molecular formula is C17H13BrN2O5. The predicted octanol–water partition coefficient (Wildman–Crippen LogP) is 3.56. The molecule has 1 N–H and O–H groups in total. The molecule has 4 rings (SSSR count). The van der Waals surface area contributed by atoms with Crippen molar-refractivity contribution >= 4 is 21.9 Å². The first-order chi connectivity index (χ1) is 12.2. The fourth-order valence-corrected chi connectivity index (χ4v) is 2.85. The van der Waals surface area contributed by atoms with E-state index < -0.39 is 5.97 Å². The number of rotatable bonds is 4. The van der Waals surface area contributed by atoms with Gasteiger partial charge in [-0.25, -0.2) is 4.79 Å². The monoisotopic (exact) mass is 404 g/mol. The Morgan fingerprint density at radius 2 is 2.04 bits per heavy atom. The number of halogens is 1. The Morgan fingerprint density at radius 1 is 1.24 bits per heavy atom. The lowest BCUT2D eigenvalue weighted by Gasteiger charge is -2.19. The summed E-state index contributed by atoms with van der Waals surface area (Å²) in [6.07, 6.45) is 1.54. The van der Waals surface area contributed by atoms with Crippen LogP contribution in [0.1, 0.15) is 16.1 Å². The van der Waals surface area contributed by atoms with Crippen molar-refractivity contribution in [3.05, 3.63) is 52.3 Å². The number of fused-ring (bicyclic) bond motifs is 1. The number of carbonyl (C=O) groups is 1. The minimum Gasteiger partial charge on any atom is -0.486 e. The predicted molar refractivity (Wildman–Crippen MR) is 90.5 cm³/mol. The molecule has 1 aromatic carbocycles. The molecule has 1 aliphatic heterocycles. The van der Waals surface area contributed by atoms with Crippen molar-refractivity contribution in [1.82, 2.24) is 10.2 Å². The lowest BCUT2D eigenvalue weighted by atomic mass is 10.2. The minimum absolute atomic E-state index is 0.0885. The summed E-state index contributed by atoms with van der Waals surface area (Å²) in [6.45, 7) is 1.11. The Morgan fingerprint density at radius 3 is 2.80 bits per heavy atom. The smallest absolute Gasteiger partial charge is 0.356 e. The molecule has 0 atom stereocenters.